The van der Waals surface area contributed by atoms with Crippen molar-refractivity contribution in [1.29, 1.82) is 0 Å². The number of carbonyl (C=O) groups excluding carboxylic acids is 1. The molecular formula is C21H21N5O3S. The summed E-state index contributed by atoms with van der Waals surface area (Å²) in [6.07, 6.45) is 1.93. The fourth-order valence-corrected chi connectivity index (χ4v) is 3.46. The number of nitrogens with two attached hydrogens (primary N) is 2. The number of rotatable bonds is 7. The van der Waals surface area contributed by atoms with E-state index in [9.17, 15) is 9.59 Å². The SMILES string of the molecule is NC(=NC(=O)c1ccc(CC(N)C(=O)O)cc1)NCc1ccccc1-c1nccs1. The molecule has 0 saturated heterocycles. The molecule has 9 heteroatoms. The van der Waals surface area contributed by atoms with Crippen molar-refractivity contribution in [2.24, 2.45) is 16.5 Å². The van der Waals surface area contributed by atoms with Gasteiger partial charge >= 0.3 is 5.97 Å². The molecule has 0 aliphatic carbocycles. The summed E-state index contributed by atoms with van der Waals surface area (Å²) < 4.78 is 0. The molecule has 2 aromatic carbocycles. The number of nitrogens with zero attached hydrogens (tertiary/aromatic N) is 2. The molecule has 1 atom stereocenters. The summed E-state index contributed by atoms with van der Waals surface area (Å²) >= 11 is 1.54. The summed E-state index contributed by atoms with van der Waals surface area (Å²) in [6, 6.07) is 13.3. The average molecular weight is 423 g/mol. The zero-order valence-electron chi connectivity index (χ0n) is 16.0. The molecule has 1 aromatic heterocycles. The van der Waals surface area contributed by atoms with Gasteiger partial charge in [0.05, 0.1) is 0 Å². The first-order chi connectivity index (χ1) is 14.4. The summed E-state index contributed by atoms with van der Waals surface area (Å²) in [4.78, 5) is 31.4. The third kappa shape index (κ3) is 5.49. The Kier molecular flexibility index (Phi) is 6.89. The number of carbonyl (C=O) groups is 2. The second-order valence-corrected chi connectivity index (χ2v) is 7.39. The monoisotopic (exact) mass is 423 g/mol. The molecule has 0 saturated carbocycles. The normalized spacial score (nSPS) is 12.4. The number of aromatic nitrogens is 1. The van der Waals surface area contributed by atoms with Crippen molar-refractivity contribution in [3.63, 3.8) is 0 Å². The molecule has 1 unspecified atom stereocenters. The van der Waals surface area contributed by atoms with Gasteiger partial charge in [-0.2, -0.15) is 4.99 Å². The van der Waals surface area contributed by atoms with Crippen LogP contribution in [0.2, 0.25) is 0 Å². The third-order valence-electron chi connectivity index (χ3n) is 4.34. The van der Waals surface area contributed by atoms with Crippen LogP contribution in [0.5, 0.6) is 0 Å². The summed E-state index contributed by atoms with van der Waals surface area (Å²) in [5, 5.41) is 14.6. The molecular weight excluding hydrogens is 402 g/mol. The van der Waals surface area contributed by atoms with Crippen LogP contribution in [0.25, 0.3) is 10.6 Å². The van der Waals surface area contributed by atoms with E-state index in [2.05, 4.69) is 15.3 Å². The van der Waals surface area contributed by atoms with Crippen LogP contribution in [0.4, 0.5) is 0 Å². The Morgan fingerprint density at radius 3 is 2.57 bits per heavy atom. The van der Waals surface area contributed by atoms with Crippen LogP contribution in [-0.2, 0) is 17.8 Å². The molecule has 3 rings (SSSR count). The van der Waals surface area contributed by atoms with E-state index in [4.69, 9.17) is 16.6 Å². The topological polar surface area (TPSA) is 144 Å². The highest BCUT2D eigenvalue weighted by atomic mass is 32.1. The van der Waals surface area contributed by atoms with Crippen LogP contribution in [0.3, 0.4) is 0 Å². The van der Waals surface area contributed by atoms with Crippen LogP contribution in [0.1, 0.15) is 21.5 Å². The van der Waals surface area contributed by atoms with Gasteiger partial charge in [0.1, 0.15) is 11.0 Å². The van der Waals surface area contributed by atoms with Crippen molar-refractivity contribution in [2.45, 2.75) is 19.0 Å². The predicted octanol–water partition coefficient (Wildman–Crippen LogP) is 2.01. The molecule has 0 radical (unpaired) electrons. The number of benzene rings is 2. The van der Waals surface area contributed by atoms with Gasteiger partial charge < -0.3 is 21.9 Å². The van der Waals surface area contributed by atoms with E-state index in [-0.39, 0.29) is 12.4 Å². The smallest absolute Gasteiger partial charge is 0.320 e. The van der Waals surface area contributed by atoms with E-state index < -0.39 is 17.9 Å². The molecule has 154 valence electrons. The van der Waals surface area contributed by atoms with E-state index in [1.807, 2.05) is 29.6 Å². The zero-order chi connectivity index (χ0) is 21.5. The minimum Gasteiger partial charge on any atom is -0.480 e. The lowest BCUT2D eigenvalue weighted by molar-refractivity contribution is -0.138. The van der Waals surface area contributed by atoms with Crippen molar-refractivity contribution in [3.05, 3.63) is 76.8 Å². The molecule has 8 nitrogen and oxygen atoms in total. The number of thiazole rings is 1. The molecule has 1 heterocycles. The number of hydrogen-bond donors (Lipinski definition) is 4. The largest absolute Gasteiger partial charge is 0.480 e. The molecule has 0 spiro atoms. The molecule has 0 aliphatic rings. The van der Waals surface area contributed by atoms with Gasteiger partial charge in [-0.3, -0.25) is 9.59 Å². The van der Waals surface area contributed by atoms with E-state index in [0.717, 1.165) is 21.7 Å². The maximum Gasteiger partial charge on any atom is 0.320 e. The van der Waals surface area contributed by atoms with Gasteiger partial charge in [0.2, 0.25) is 0 Å². The van der Waals surface area contributed by atoms with Crippen LogP contribution in [0, 0.1) is 0 Å². The van der Waals surface area contributed by atoms with Gasteiger partial charge in [0, 0.05) is 29.2 Å². The summed E-state index contributed by atoms with van der Waals surface area (Å²) in [5.74, 6) is -1.57. The van der Waals surface area contributed by atoms with Gasteiger partial charge in [0.15, 0.2) is 5.96 Å². The quantitative estimate of drug-likeness (QED) is 0.336. The third-order valence-corrected chi connectivity index (χ3v) is 5.14. The maximum absolute atomic E-state index is 12.3. The number of aliphatic imine (C=N–C) groups is 1. The first-order valence-corrected chi connectivity index (χ1v) is 9.99. The highest BCUT2D eigenvalue weighted by Gasteiger charge is 2.13. The van der Waals surface area contributed by atoms with Crippen molar-refractivity contribution >= 4 is 29.2 Å². The Labute approximate surface area is 177 Å². The number of aliphatic carboxylic acids is 1. The van der Waals surface area contributed by atoms with Gasteiger partial charge in [-0.1, -0.05) is 36.4 Å². The Balaban J connectivity index is 1.62. The number of carboxylic acid groups (broad SMARTS) is 1. The number of amides is 1. The van der Waals surface area contributed by atoms with Crippen LogP contribution in [0.15, 0.2) is 65.1 Å². The predicted molar refractivity (Wildman–Crippen MR) is 116 cm³/mol. The summed E-state index contributed by atoms with van der Waals surface area (Å²) in [5.41, 5.74) is 14.4. The Bertz CT molecular complexity index is 1050. The highest BCUT2D eigenvalue weighted by molar-refractivity contribution is 7.13. The lowest BCUT2D eigenvalue weighted by Crippen LogP contribution is -2.32. The second-order valence-electron chi connectivity index (χ2n) is 6.50. The molecule has 30 heavy (non-hydrogen) atoms. The summed E-state index contributed by atoms with van der Waals surface area (Å²) in [6.45, 7) is 0.393. The zero-order valence-corrected chi connectivity index (χ0v) is 16.8. The number of hydrogen-bond acceptors (Lipinski definition) is 5. The molecule has 3 aromatic rings. The van der Waals surface area contributed by atoms with E-state index in [0.29, 0.717) is 12.1 Å². The van der Waals surface area contributed by atoms with Crippen molar-refractivity contribution in [1.82, 2.24) is 10.3 Å². The highest BCUT2D eigenvalue weighted by Crippen LogP contribution is 2.25. The number of carboxylic acids is 1. The molecule has 6 N–H and O–H groups in total. The Hall–Kier alpha value is -3.56. The lowest BCUT2D eigenvalue weighted by Gasteiger charge is -2.09. The Morgan fingerprint density at radius 1 is 1.17 bits per heavy atom. The minimum atomic E-state index is -1.07. The lowest BCUT2D eigenvalue weighted by atomic mass is 10.0. The molecule has 1 amide bonds. The van der Waals surface area contributed by atoms with Crippen LogP contribution >= 0.6 is 11.3 Å². The van der Waals surface area contributed by atoms with E-state index in [1.54, 1.807) is 41.8 Å². The van der Waals surface area contributed by atoms with Gasteiger partial charge in [0.25, 0.3) is 5.91 Å². The standard InChI is InChI=1S/C21H21N5O3S/c22-17(20(28)29)11-13-5-7-14(8-6-13)18(27)26-21(23)25-12-15-3-1-2-4-16(15)19-24-9-10-30-19/h1-10,17H,11-12,22H2,(H,28,29)(H3,23,25,26,27). The fraction of sp³-hybridized carbons (Fsp3) is 0.143. The average Bonchev–Trinajstić information content (AvgIpc) is 3.27. The molecule has 0 fully saturated rings. The molecule has 0 aliphatic heterocycles. The first-order valence-electron chi connectivity index (χ1n) is 9.11. The molecule has 0 bridgehead atoms. The Morgan fingerprint density at radius 2 is 1.90 bits per heavy atom. The fourth-order valence-electron chi connectivity index (χ4n) is 2.76. The first kappa shape index (κ1) is 21.2. The van der Waals surface area contributed by atoms with Crippen LogP contribution in [-0.4, -0.2) is 34.0 Å². The van der Waals surface area contributed by atoms with Crippen molar-refractivity contribution < 1.29 is 14.7 Å². The van der Waals surface area contributed by atoms with Crippen molar-refractivity contribution in [3.8, 4) is 10.6 Å². The summed E-state index contributed by atoms with van der Waals surface area (Å²) in [7, 11) is 0. The van der Waals surface area contributed by atoms with Gasteiger partial charge in [-0.15, -0.1) is 11.3 Å². The van der Waals surface area contributed by atoms with Gasteiger partial charge in [-0.25, -0.2) is 4.98 Å². The van der Waals surface area contributed by atoms with Crippen LogP contribution < -0.4 is 16.8 Å². The number of guanidine groups is 1. The maximum atomic E-state index is 12.3. The van der Waals surface area contributed by atoms with Gasteiger partial charge in [-0.05, 0) is 29.7 Å². The number of nitrogens with one attached hydrogen (secondary N) is 1. The van der Waals surface area contributed by atoms with E-state index in [1.165, 1.54) is 0 Å². The second kappa shape index (κ2) is 9.77. The van der Waals surface area contributed by atoms with E-state index >= 15 is 0 Å². The minimum absolute atomic E-state index is 0.00548. The van der Waals surface area contributed by atoms with Crippen molar-refractivity contribution in [2.75, 3.05) is 0 Å².